The standard InChI is InChI=1S/C30H33FN4O5/c31-22-16-19(18-34-12-8-30(9-13-34)10-14-40-15-11-30)4-5-20(22)17-32-23-3-1-2-21-26(23)29(39)35(28(21)38)24-6-7-25(36)33-27(24)37/h1-5,16,24,32H,6-15,17-18H2,(H,33,36,37). The Balaban J connectivity index is 1.10. The maximum atomic E-state index is 15.1. The van der Waals surface area contributed by atoms with Gasteiger partial charge in [0.2, 0.25) is 11.8 Å². The zero-order valence-corrected chi connectivity index (χ0v) is 22.3. The molecule has 4 aliphatic rings. The van der Waals surface area contributed by atoms with E-state index in [4.69, 9.17) is 4.74 Å². The van der Waals surface area contributed by atoms with Crippen LogP contribution in [-0.2, 0) is 27.4 Å². The van der Waals surface area contributed by atoms with E-state index in [1.165, 1.54) is 6.07 Å². The third-order valence-electron chi connectivity index (χ3n) is 8.93. The molecule has 210 valence electrons. The maximum absolute atomic E-state index is 15.1. The van der Waals surface area contributed by atoms with E-state index in [1.54, 1.807) is 24.3 Å². The number of anilines is 1. The van der Waals surface area contributed by atoms with E-state index >= 15 is 4.39 Å². The van der Waals surface area contributed by atoms with Gasteiger partial charge in [-0.1, -0.05) is 18.2 Å². The molecule has 0 saturated carbocycles. The number of rotatable bonds is 6. The first kappa shape index (κ1) is 26.6. The molecule has 2 aromatic carbocycles. The average Bonchev–Trinajstić information content (AvgIpc) is 3.20. The summed E-state index contributed by atoms with van der Waals surface area (Å²) in [5.41, 5.74) is 2.51. The van der Waals surface area contributed by atoms with Crippen LogP contribution < -0.4 is 10.6 Å². The van der Waals surface area contributed by atoms with E-state index in [0.29, 0.717) is 23.2 Å². The number of halogens is 1. The van der Waals surface area contributed by atoms with Gasteiger partial charge in [0.05, 0.1) is 11.1 Å². The molecule has 40 heavy (non-hydrogen) atoms. The van der Waals surface area contributed by atoms with Gasteiger partial charge in [0, 0.05) is 44.0 Å². The van der Waals surface area contributed by atoms with E-state index in [2.05, 4.69) is 15.5 Å². The van der Waals surface area contributed by atoms with Gasteiger partial charge in [-0.05, 0) is 74.4 Å². The van der Waals surface area contributed by atoms with Crippen molar-refractivity contribution in [1.82, 2.24) is 15.1 Å². The van der Waals surface area contributed by atoms with Crippen molar-refractivity contribution < 1.29 is 28.3 Å². The van der Waals surface area contributed by atoms with Crippen LogP contribution in [0.5, 0.6) is 0 Å². The topological polar surface area (TPSA) is 108 Å². The molecule has 6 rings (SSSR count). The van der Waals surface area contributed by atoms with E-state index in [0.717, 1.165) is 62.4 Å². The summed E-state index contributed by atoms with van der Waals surface area (Å²) in [6.45, 7) is 4.55. The number of amides is 4. The Hall–Kier alpha value is -3.63. The predicted octanol–water partition coefficient (Wildman–Crippen LogP) is 3.23. The fourth-order valence-corrected chi connectivity index (χ4v) is 6.43. The Bertz CT molecular complexity index is 1360. The number of hydrogen-bond donors (Lipinski definition) is 2. The smallest absolute Gasteiger partial charge is 0.264 e. The number of likely N-dealkylation sites (tertiary alicyclic amines) is 1. The number of hydrogen-bond acceptors (Lipinski definition) is 7. The molecule has 9 nitrogen and oxygen atoms in total. The van der Waals surface area contributed by atoms with Gasteiger partial charge >= 0.3 is 0 Å². The third-order valence-corrected chi connectivity index (χ3v) is 8.93. The van der Waals surface area contributed by atoms with Crippen LogP contribution in [0.1, 0.15) is 70.4 Å². The number of nitrogens with zero attached hydrogens (tertiary/aromatic N) is 2. The highest BCUT2D eigenvalue weighted by Crippen LogP contribution is 2.41. The zero-order valence-electron chi connectivity index (χ0n) is 22.3. The summed E-state index contributed by atoms with van der Waals surface area (Å²) >= 11 is 0. The summed E-state index contributed by atoms with van der Waals surface area (Å²) in [5, 5.41) is 5.31. The van der Waals surface area contributed by atoms with Crippen molar-refractivity contribution in [3.8, 4) is 0 Å². The molecule has 2 aromatic rings. The first-order valence-electron chi connectivity index (χ1n) is 14.0. The van der Waals surface area contributed by atoms with Crippen molar-refractivity contribution in [2.45, 2.75) is 57.7 Å². The van der Waals surface area contributed by atoms with Crippen molar-refractivity contribution >= 4 is 29.3 Å². The SMILES string of the molecule is O=C1CCC(N2C(=O)c3cccc(NCc4ccc(CN5CCC6(CCOCC6)CC5)cc4F)c3C2=O)C(=O)N1. The van der Waals surface area contributed by atoms with Crippen molar-refractivity contribution in [2.75, 3.05) is 31.6 Å². The zero-order chi connectivity index (χ0) is 27.9. The van der Waals surface area contributed by atoms with Crippen LogP contribution in [0.2, 0.25) is 0 Å². The fourth-order valence-electron chi connectivity index (χ4n) is 6.43. The lowest BCUT2D eigenvalue weighted by atomic mass is 9.72. The molecule has 2 N–H and O–H groups in total. The molecule has 0 bridgehead atoms. The monoisotopic (exact) mass is 548 g/mol. The molecular weight excluding hydrogens is 515 g/mol. The summed E-state index contributed by atoms with van der Waals surface area (Å²) in [5.74, 6) is -2.59. The number of ether oxygens (including phenoxy) is 1. The van der Waals surface area contributed by atoms with Gasteiger partial charge in [-0.25, -0.2) is 4.39 Å². The minimum atomic E-state index is -1.04. The summed E-state index contributed by atoms with van der Waals surface area (Å²) in [6.07, 6.45) is 4.73. The van der Waals surface area contributed by atoms with E-state index in [1.807, 2.05) is 6.07 Å². The Kier molecular flexibility index (Phi) is 7.14. The Morgan fingerprint density at radius 1 is 1.00 bits per heavy atom. The number of benzene rings is 2. The van der Waals surface area contributed by atoms with Gasteiger partial charge in [-0.2, -0.15) is 0 Å². The largest absolute Gasteiger partial charge is 0.381 e. The highest BCUT2D eigenvalue weighted by molar-refractivity contribution is 6.25. The van der Waals surface area contributed by atoms with Crippen LogP contribution in [0.25, 0.3) is 0 Å². The number of carbonyl (C=O) groups excluding carboxylic acids is 4. The quantitative estimate of drug-likeness (QED) is 0.534. The number of nitrogens with one attached hydrogen (secondary N) is 2. The van der Waals surface area contributed by atoms with Gasteiger partial charge in [0.15, 0.2) is 0 Å². The molecule has 0 aromatic heterocycles. The Morgan fingerprint density at radius 3 is 2.50 bits per heavy atom. The first-order chi connectivity index (χ1) is 19.3. The second-order valence-electron chi connectivity index (χ2n) is 11.3. The third kappa shape index (κ3) is 5.01. The van der Waals surface area contributed by atoms with Crippen molar-refractivity contribution in [1.29, 1.82) is 0 Å². The van der Waals surface area contributed by atoms with Crippen LogP contribution in [0.4, 0.5) is 10.1 Å². The lowest BCUT2D eigenvalue weighted by Crippen LogP contribution is -2.54. The molecule has 10 heteroatoms. The minimum Gasteiger partial charge on any atom is -0.381 e. The highest BCUT2D eigenvalue weighted by Gasteiger charge is 2.45. The molecule has 1 spiro atoms. The molecule has 3 fully saturated rings. The van der Waals surface area contributed by atoms with Crippen LogP contribution in [0.15, 0.2) is 36.4 Å². The van der Waals surface area contributed by atoms with Crippen LogP contribution in [0.3, 0.4) is 0 Å². The van der Waals surface area contributed by atoms with Gasteiger partial charge in [-0.3, -0.25) is 34.3 Å². The summed E-state index contributed by atoms with van der Waals surface area (Å²) in [4.78, 5) is 53.5. The number of imide groups is 2. The summed E-state index contributed by atoms with van der Waals surface area (Å²) < 4.78 is 20.7. The van der Waals surface area contributed by atoms with Crippen molar-refractivity contribution in [2.24, 2.45) is 5.41 Å². The molecule has 1 unspecified atom stereocenters. The molecule has 4 heterocycles. The predicted molar refractivity (Wildman–Crippen MR) is 144 cm³/mol. The lowest BCUT2D eigenvalue weighted by molar-refractivity contribution is -0.136. The molecule has 4 amide bonds. The second-order valence-corrected chi connectivity index (χ2v) is 11.3. The van der Waals surface area contributed by atoms with Crippen LogP contribution >= 0.6 is 0 Å². The van der Waals surface area contributed by atoms with E-state index < -0.39 is 29.7 Å². The molecule has 4 aliphatic heterocycles. The molecule has 0 radical (unpaired) electrons. The van der Waals surface area contributed by atoms with Crippen LogP contribution in [-0.4, -0.2) is 65.8 Å². The van der Waals surface area contributed by atoms with Gasteiger partial charge in [0.1, 0.15) is 11.9 Å². The maximum Gasteiger partial charge on any atom is 0.264 e. The van der Waals surface area contributed by atoms with Gasteiger partial charge in [-0.15, -0.1) is 0 Å². The minimum absolute atomic E-state index is 0.0537. The Morgan fingerprint density at radius 2 is 1.77 bits per heavy atom. The Labute approximate surface area is 232 Å². The second kappa shape index (κ2) is 10.7. The normalized spacial score (nSPS) is 22.9. The molecule has 1 atom stereocenters. The highest BCUT2D eigenvalue weighted by atomic mass is 19.1. The number of fused-ring (bicyclic) bond motifs is 1. The van der Waals surface area contributed by atoms with E-state index in [-0.39, 0.29) is 36.3 Å². The molecular formula is C30H33FN4O5. The molecule has 0 aliphatic carbocycles. The molecule has 3 saturated heterocycles. The van der Waals surface area contributed by atoms with Crippen molar-refractivity contribution in [3.05, 3.63) is 64.5 Å². The number of piperidine rings is 2. The summed E-state index contributed by atoms with van der Waals surface area (Å²) in [6, 6.07) is 9.07. The van der Waals surface area contributed by atoms with E-state index in [9.17, 15) is 19.2 Å². The van der Waals surface area contributed by atoms with Crippen molar-refractivity contribution in [3.63, 3.8) is 0 Å². The first-order valence-corrected chi connectivity index (χ1v) is 14.0. The lowest BCUT2D eigenvalue weighted by Gasteiger charge is -2.44. The van der Waals surface area contributed by atoms with Gasteiger partial charge < -0.3 is 10.1 Å². The number of carbonyl (C=O) groups is 4. The van der Waals surface area contributed by atoms with Crippen LogP contribution in [0, 0.1) is 11.2 Å². The fraction of sp³-hybridized carbons (Fsp3) is 0.467. The van der Waals surface area contributed by atoms with Gasteiger partial charge in [0.25, 0.3) is 11.8 Å². The average molecular weight is 549 g/mol. The summed E-state index contributed by atoms with van der Waals surface area (Å²) in [7, 11) is 0.